The Balaban J connectivity index is 2.05. The summed E-state index contributed by atoms with van der Waals surface area (Å²) in [6.45, 7) is 0.513. The van der Waals surface area contributed by atoms with Gasteiger partial charge in [-0.1, -0.05) is 23.7 Å². The first kappa shape index (κ1) is 12.3. The summed E-state index contributed by atoms with van der Waals surface area (Å²) in [5, 5.41) is 3.65. The number of rotatable bonds is 3. The van der Waals surface area contributed by atoms with Crippen molar-refractivity contribution in [1.82, 2.24) is 4.98 Å². The van der Waals surface area contributed by atoms with E-state index >= 15 is 0 Å². The maximum Gasteiger partial charge on any atom is 0.127 e. The lowest BCUT2D eigenvalue weighted by Crippen LogP contribution is -2.01. The van der Waals surface area contributed by atoms with Crippen molar-refractivity contribution < 1.29 is 4.39 Å². The molecule has 0 amide bonds. The van der Waals surface area contributed by atoms with E-state index in [0.717, 1.165) is 5.56 Å². The summed E-state index contributed by atoms with van der Waals surface area (Å²) in [5.74, 6) is 0.445. The maximum absolute atomic E-state index is 12.9. The normalized spacial score (nSPS) is 10.3. The molecule has 2 rings (SSSR count). The van der Waals surface area contributed by atoms with Crippen molar-refractivity contribution in [2.24, 2.45) is 0 Å². The first-order valence-corrected chi connectivity index (χ1v) is 6.12. The molecule has 0 saturated heterocycles. The Bertz CT molecular complexity index is 534. The minimum Gasteiger partial charge on any atom is -0.366 e. The molecule has 0 aliphatic carbocycles. The molecule has 1 aromatic carbocycles. The second-order valence-corrected chi connectivity index (χ2v) is 4.61. The minimum absolute atomic E-state index is 0.241. The van der Waals surface area contributed by atoms with Crippen molar-refractivity contribution in [2.75, 3.05) is 5.32 Å². The zero-order valence-corrected chi connectivity index (χ0v) is 11.1. The van der Waals surface area contributed by atoms with Crippen molar-refractivity contribution in [2.45, 2.75) is 6.54 Å². The van der Waals surface area contributed by atoms with Crippen molar-refractivity contribution in [3.63, 3.8) is 0 Å². The smallest absolute Gasteiger partial charge is 0.127 e. The Hall–Kier alpha value is -1.13. The van der Waals surface area contributed by atoms with E-state index in [1.807, 2.05) is 6.07 Å². The molecule has 0 saturated carbocycles. The number of hydrogen-bond donors (Lipinski definition) is 1. The topological polar surface area (TPSA) is 24.9 Å². The molecule has 5 heteroatoms. The van der Waals surface area contributed by atoms with E-state index in [1.165, 1.54) is 12.1 Å². The zero-order valence-electron chi connectivity index (χ0n) is 8.75. The fraction of sp³-hybridized carbons (Fsp3) is 0.0833. The van der Waals surface area contributed by atoms with Crippen LogP contribution in [0.5, 0.6) is 0 Å². The van der Waals surface area contributed by atoms with Gasteiger partial charge in [-0.05, 0) is 45.8 Å². The van der Waals surface area contributed by atoms with E-state index in [1.54, 1.807) is 18.2 Å². The van der Waals surface area contributed by atoms with Crippen LogP contribution in [0.15, 0.2) is 41.0 Å². The predicted molar refractivity (Wildman–Crippen MR) is 70.7 cm³/mol. The van der Waals surface area contributed by atoms with Gasteiger partial charge in [0.1, 0.15) is 16.2 Å². The van der Waals surface area contributed by atoms with Gasteiger partial charge in [0.2, 0.25) is 0 Å². The molecule has 17 heavy (non-hydrogen) atoms. The highest BCUT2D eigenvalue weighted by atomic mass is 79.9. The van der Waals surface area contributed by atoms with Crippen LogP contribution in [0.2, 0.25) is 5.02 Å². The first-order valence-electron chi connectivity index (χ1n) is 4.95. The largest absolute Gasteiger partial charge is 0.366 e. The van der Waals surface area contributed by atoms with Crippen LogP contribution in [0.4, 0.5) is 10.2 Å². The quantitative estimate of drug-likeness (QED) is 0.857. The van der Waals surface area contributed by atoms with Crippen LogP contribution < -0.4 is 5.32 Å². The van der Waals surface area contributed by atoms with Crippen molar-refractivity contribution in [3.8, 4) is 0 Å². The minimum atomic E-state index is -0.241. The molecule has 1 heterocycles. The van der Waals surface area contributed by atoms with Crippen molar-refractivity contribution in [1.29, 1.82) is 0 Å². The summed E-state index contributed by atoms with van der Waals surface area (Å²) >= 11 is 9.07. The molecular weight excluding hydrogens is 307 g/mol. The average molecular weight is 316 g/mol. The molecule has 0 aliphatic rings. The second kappa shape index (κ2) is 5.47. The lowest BCUT2D eigenvalue weighted by Gasteiger charge is -2.06. The molecule has 0 atom stereocenters. The number of anilines is 1. The number of nitrogens with one attached hydrogen (secondary N) is 1. The van der Waals surface area contributed by atoms with Crippen LogP contribution in [0.3, 0.4) is 0 Å². The maximum atomic E-state index is 12.9. The fourth-order valence-electron chi connectivity index (χ4n) is 1.36. The lowest BCUT2D eigenvalue weighted by atomic mass is 10.2. The van der Waals surface area contributed by atoms with Crippen LogP contribution in [0.25, 0.3) is 0 Å². The van der Waals surface area contributed by atoms with E-state index in [4.69, 9.17) is 11.6 Å². The molecule has 1 aromatic heterocycles. The number of halogens is 3. The van der Waals surface area contributed by atoms with Crippen molar-refractivity contribution >= 4 is 33.3 Å². The molecule has 88 valence electrons. The highest BCUT2D eigenvalue weighted by Crippen LogP contribution is 2.21. The molecule has 0 radical (unpaired) electrons. The van der Waals surface area contributed by atoms with Crippen molar-refractivity contribution in [3.05, 3.63) is 57.4 Å². The van der Waals surface area contributed by atoms with Gasteiger partial charge in [0.05, 0.1) is 5.02 Å². The Morgan fingerprint density at radius 3 is 2.82 bits per heavy atom. The fourth-order valence-corrected chi connectivity index (χ4v) is 1.78. The first-order chi connectivity index (χ1) is 8.15. The van der Waals surface area contributed by atoms with Gasteiger partial charge >= 0.3 is 0 Å². The number of benzene rings is 1. The third-order valence-electron chi connectivity index (χ3n) is 2.17. The molecule has 0 spiro atoms. The average Bonchev–Trinajstić information content (AvgIpc) is 2.31. The molecule has 1 N–H and O–H groups in total. The Morgan fingerprint density at radius 1 is 1.29 bits per heavy atom. The third-order valence-corrected chi connectivity index (χ3v) is 3.30. The lowest BCUT2D eigenvalue weighted by molar-refractivity contribution is 0.626. The third kappa shape index (κ3) is 3.41. The van der Waals surface area contributed by atoms with Crippen LogP contribution >= 0.6 is 27.5 Å². The van der Waals surface area contributed by atoms with Crippen LogP contribution in [0.1, 0.15) is 5.56 Å². The van der Waals surface area contributed by atoms with Crippen LogP contribution in [-0.2, 0) is 6.54 Å². The predicted octanol–water partition coefficient (Wildman–Crippen LogP) is 4.25. The molecular formula is C12H9BrClFN2. The monoisotopic (exact) mass is 314 g/mol. The second-order valence-electron chi connectivity index (χ2n) is 3.45. The molecule has 0 unspecified atom stereocenters. The van der Waals surface area contributed by atoms with Gasteiger partial charge in [-0.3, -0.25) is 0 Å². The van der Waals surface area contributed by atoms with Gasteiger partial charge in [0.25, 0.3) is 0 Å². The van der Waals surface area contributed by atoms with E-state index in [2.05, 4.69) is 26.2 Å². The molecule has 2 aromatic rings. The Kier molecular flexibility index (Phi) is 3.97. The van der Waals surface area contributed by atoms with E-state index in [9.17, 15) is 4.39 Å². The number of pyridine rings is 1. The molecule has 0 bridgehead atoms. The van der Waals surface area contributed by atoms with Gasteiger partial charge in [-0.15, -0.1) is 0 Å². The highest BCUT2D eigenvalue weighted by Gasteiger charge is 2.01. The summed E-state index contributed by atoms with van der Waals surface area (Å²) in [4.78, 5) is 4.19. The van der Waals surface area contributed by atoms with Gasteiger partial charge in [0, 0.05) is 6.54 Å². The van der Waals surface area contributed by atoms with Gasteiger partial charge in [0.15, 0.2) is 0 Å². The van der Waals surface area contributed by atoms with Gasteiger partial charge in [-0.2, -0.15) is 0 Å². The van der Waals surface area contributed by atoms with Gasteiger partial charge in [-0.25, -0.2) is 9.37 Å². The standard InChI is InChI=1S/C12H9BrClFN2/c13-12-10(14)4-5-11(17-12)16-7-8-2-1-3-9(15)6-8/h1-6H,7H2,(H,16,17). The zero-order chi connectivity index (χ0) is 12.3. The number of hydrogen-bond acceptors (Lipinski definition) is 2. The molecule has 0 fully saturated rings. The van der Waals surface area contributed by atoms with E-state index < -0.39 is 0 Å². The summed E-state index contributed by atoms with van der Waals surface area (Å²) in [7, 11) is 0. The molecule has 0 aliphatic heterocycles. The summed E-state index contributed by atoms with van der Waals surface area (Å²) < 4.78 is 13.5. The number of nitrogens with zero attached hydrogens (tertiary/aromatic N) is 1. The summed E-state index contributed by atoms with van der Waals surface area (Å²) in [5.41, 5.74) is 0.859. The van der Waals surface area contributed by atoms with Crippen LogP contribution in [0, 0.1) is 5.82 Å². The SMILES string of the molecule is Fc1cccc(CNc2ccc(Cl)c(Br)n2)c1. The van der Waals surface area contributed by atoms with E-state index in [-0.39, 0.29) is 5.82 Å². The number of aromatic nitrogens is 1. The molecule has 2 nitrogen and oxygen atoms in total. The van der Waals surface area contributed by atoms with Crippen LogP contribution in [-0.4, -0.2) is 4.98 Å². The Morgan fingerprint density at radius 2 is 2.12 bits per heavy atom. The summed E-state index contributed by atoms with van der Waals surface area (Å²) in [6.07, 6.45) is 0. The highest BCUT2D eigenvalue weighted by molar-refractivity contribution is 9.10. The Labute approximate surface area is 112 Å². The van der Waals surface area contributed by atoms with Gasteiger partial charge < -0.3 is 5.32 Å². The summed E-state index contributed by atoms with van der Waals surface area (Å²) in [6, 6.07) is 9.94. The van der Waals surface area contributed by atoms with E-state index in [0.29, 0.717) is 22.0 Å².